The third-order valence-electron chi connectivity index (χ3n) is 1.66. The van der Waals surface area contributed by atoms with Crippen molar-refractivity contribution in [1.82, 2.24) is 16.0 Å². The standard InChI is InChI=1S/C8H17N3O3S/c1-9-4-7(12)11-3-2-10-6(5-15)8(13)14/h6,9-10,15H,2-5H2,1H3,(H,11,12)(H,13,14). The number of nitrogens with one attached hydrogen (secondary N) is 3. The zero-order valence-electron chi connectivity index (χ0n) is 8.62. The van der Waals surface area contributed by atoms with Gasteiger partial charge < -0.3 is 21.1 Å². The first kappa shape index (κ1) is 14.2. The van der Waals surface area contributed by atoms with Crippen LogP contribution >= 0.6 is 12.6 Å². The van der Waals surface area contributed by atoms with Crippen LogP contribution in [0.2, 0.25) is 0 Å². The molecule has 0 aliphatic rings. The van der Waals surface area contributed by atoms with E-state index in [9.17, 15) is 9.59 Å². The fourth-order valence-electron chi connectivity index (χ4n) is 0.901. The molecule has 0 aliphatic carbocycles. The fourth-order valence-corrected chi connectivity index (χ4v) is 1.19. The maximum Gasteiger partial charge on any atom is 0.321 e. The molecule has 0 spiro atoms. The third-order valence-corrected chi connectivity index (χ3v) is 2.02. The molecule has 7 heteroatoms. The molecule has 4 N–H and O–H groups in total. The van der Waals surface area contributed by atoms with Crippen molar-refractivity contribution in [3.63, 3.8) is 0 Å². The van der Waals surface area contributed by atoms with E-state index in [1.807, 2.05) is 0 Å². The maximum absolute atomic E-state index is 11.0. The minimum Gasteiger partial charge on any atom is -0.480 e. The van der Waals surface area contributed by atoms with Crippen molar-refractivity contribution in [3.05, 3.63) is 0 Å². The Morgan fingerprint density at radius 3 is 2.53 bits per heavy atom. The molecule has 1 atom stereocenters. The number of hydrogen-bond donors (Lipinski definition) is 5. The van der Waals surface area contributed by atoms with Gasteiger partial charge in [-0.25, -0.2) is 0 Å². The van der Waals surface area contributed by atoms with E-state index >= 15 is 0 Å². The highest BCUT2D eigenvalue weighted by Gasteiger charge is 2.13. The second kappa shape index (κ2) is 8.51. The average molecular weight is 235 g/mol. The largest absolute Gasteiger partial charge is 0.480 e. The Labute approximate surface area is 94.2 Å². The molecule has 0 fully saturated rings. The first-order valence-corrected chi connectivity index (χ1v) is 5.23. The molecular weight excluding hydrogens is 218 g/mol. The molecule has 0 radical (unpaired) electrons. The summed E-state index contributed by atoms with van der Waals surface area (Å²) in [5.41, 5.74) is 0. The molecule has 0 heterocycles. The van der Waals surface area contributed by atoms with Gasteiger partial charge in [-0.1, -0.05) is 0 Å². The Bertz CT molecular complexity index is 213. The first-order valence-electron chi connectivity index (χ1n) is 4.60. The monoisotopic (exact) mass is 235 g/mol. The molecule has 15 heavy (non-hydrogen) atoms. The predicted molar refractivity (Wildman–Crippen MR) is 60.2 cm³/mol. The normalized spacial score (nSPS) is 12.1. The molecule has 0 aromatic heterocycles. The van der Waals surface area contributed by atoms with Gasteiger partial charge >= 0.3 is 5.97 Å². The Morgan fingerprint density at radius 2 is 2.07 bits per heavy atom. The molecule has 1 amide bonds. The summed E-state index contributed by atoms with van der Waals surface area (Å²) >= 11 is 3.89. The van der Waals surface area contributed by atoms with Crippen molar-refractivity contribution in [2.24, 2.45) is 0 Å². The number of likely N-dealkylation sites (N-methyl/N-ethyl adjacent to an activating group) is 1. The lowest BCUT2D eigenvalue weighted by Crippen LogP contribution is -2.43. The summed E-state index contributed by atoms with van der Waals surface area (Å²) in [5.74, 6) is -0.830. The van der Waals surface area contributed by atoms with Gasteiger partial charge in [0.15, 0.2) is 0 Å². The van der Waals surface area contributed by atoms with E-state index in [2.05, 4.69) is 28.6 Å². The van der Waals surface area contributed by atoms with Crippen LogP contribution in [-0.2, 0) is 9.59 Å². The second-order valence-electron chi connectivity index (χ2n) is 2.91. The van der Waals surface area contributed by atoms with Crippen molar-refractivity contribution in [3.8, 4) is 0 Å². The van der Waals surface area contributed by atoms with Gasteiger partial charge in [0.1, 0.15) is 6.04 Å². The van der Waals surface area contributed by atoms with Crippen LogP contribution < -0.4 is 16.0 Å². The lowest BCUT2D eigenvalue weighted by atomic mass is 10.3. The van der Waals surface area contributed by atoms with Gasteiger partial charge in [-0.15, -0.1) is 0 Å². The predicted octanol–water partition coefficient (Wildman–Crippen LogP) is -1.71. The number of carbonyl (C=O) groups excluding carboxylic acids is 1. The van der Waals surface area contributed by atoms with E-state index in [0.29, 0.717) is 13.1 Å². The number of carboxylic acids is 1. The molecule has 0 rings (SSSR count). The smallest absolute Gasteiger partial charge is 0.321 e. The number of rotatable bonds is 8. The number of carboxylic acid groups (broad SMARTS) is 1. The highest BCUT2D eigenvalue weighted by molar-refractivity contribution is 7.80. The van der Waals surface area contributed by atoms with Crippen LogP contribution in [0.1, 0.15) is 0 Å². The minimum absolute atomic E-state index is 0.114. The molecule has 0 bridgehead atoms. The Balaban J connectivity index is 3.52. The maximum atomic E-state index is 11.0. The van der Waals surface area contributed by atoms with Crippen LogP contribution in [-0.4, -0.2) is 55.5 Å². The number of aliphatic carboxylic acids is 1. The Morgan fingerprint density at radius 1 is 1.40 bits per heavy atom. The summed E-state index contributed by atoms with van der Waals surface area (Å²) < 4.78 is 0. The lowest BCUT2D eigenvalue weighted by Gasteiger charge is -2.11. The quantitative estimate of drug-likeness (QED) is 0.255. The van der Waals surface area contributed by atoms with Crippen LogP contribution in [0.15, 0.2) is 0 Å². The number of thiol groups is 1. The molecular formula is C8H17N3O3S. The summed E-state index contributed by atoms with van der Waals surface area (Å²) in [5, 5.41) is 16.7. The van der Waals surface area contributed by atoms with E-state index in [-0.39, 0.29) is 18.2 Å². The van der Waals surface area contributed by atoms with Crippen LogP contribution in [0.25, 0.3) is 0 Å². The van der Waals surface area contributed by atoms with Crippen LogP contribution in [0.5, 0.6) is 0 Å². The van der Waals surface area contributed by atoms with E-state index in [0.717, 1.165) is 0 Å². The second-order valence-corrected chi connectivity index (χ2v) is 3.27. The summed E-state index contributed by atoms with van der Waals surface area (Å²) in [6, 6.07) is -0.672. The van der Waals surface area contributed by atoms with Gasteiger partial charge in [0.25, 0.3) is 0 Å². The zero-order chi connectivity index (χ0) is 11.7. The highest BCUT2D eigenvalue weighted by atomic mass is 32.1. The van der Waals surface area contributed by atoms with Crippen molar-refractivity contribution in [2.45, 2.75) is 6.04 Å². The fraction of sp³-hybridized carbons (Fsp3) is 0.750. The van der Waals surface area contributed by atoms with Gasteiger partial charge in [-0.2, -0.15) is 12.6 Å². The first-order chi connectivity index (χ1) is 7.11. The lowest BCUT2D eigenvalue weighted by molar-refractivity contribution is -0.138. The molecule has 0 saturated carbocycles. The van der Waals surface area contributed by atoms with Crippen LogP contribution in [0, 0.1) is 0 Å². The molecule has 88 valence electrons. The minimum atomic E-state index is -0.938. The van der Waals surface area contributed by atoms with Crippen molar-refractivity contribution < 1.29 is 14.7 Å². The van der Waals surface area contributed by atoms with Gasteiger partial charge in [-0.05, 0) is 7.05 Å². The molecule has 0 aromatic rings. The van der Waals surface area contributed by atoms with Crippen LogP contribution in [0.4, 0.5) is 0 Å². The summed E-state index contributed by atoms with van der Waals surface area (Å²) in [7, 11) is 1.68. The van der Waals surface area contributed by atoms with E-state index in [4.69, 9.17) is 5.11 Å². The van der Waals surface area contributed by atoms with E-state index in [1.165, 1.54) is 0 Å². The molecule has 0 saturated heterocycles. The zero-order valence-corrected chi connectivity index (χ0v) is 9.51. The average Bonchev–Trinajstić information content (AvgIpc) is 2.17. The number of carbonyl (C=O) groups is 2. The van der Waals surface area contributed by atoms with Crippen molar-refractivity contribution in [1.29, 1.82) is 0 Å². The molecule has 0 aliphatic heterocycles. The topological polar surface area (TPSA) is 90.5 Å². The van der Waals surface area contributed by atoms with Gasteiger partial charge in [0.2, 0.25) is 5.91 Å². The molecule has 6 nitrogen and oxygen atoms in total. The van der Waals surface area contributed by atoms with Gasteiger partial charge in [0.05, 0.1) is 6.54 Å². The van der Waals surface area contributed by atoms with Crippen LogP contribution in [0.3, 0.4) is 0 Å². The third kappa shape index (κ3) is 7.18. The highest BCUT2D eigenvalue weighted by Crippen LogP contribution is 1.86. The van der Waals surface area contributed by atoms with Gasteiger partial charge in [0, 0.05) is 18.8 Å². The number of amides is 1. The Hall–Kier alpha value is -0.790. The van der Waals surface area contributed by atoms with E-state index in [1.54, 1.807) is 7.05 Å². The van der Waals surface area contributed by atoms with Gasteiger partial charge in [-0.3, -0.25) is 9.59 Å². The van der Waals surface area contributed by atoms with E-state index < -0.39 is 12.0 Å². The molecule has 1 unspecified atom stereocenters. The Kier molecular flexibility index (Phi) is 8.06. The number of hydrogen-bond acceptors (Lipinski definition) is 5. The SMILES string of the molecule is CNCC(=O)NCCNC(CS)C(=O)O. The summed E-state index contributed by atoms with van der Waals surface area (Å²) in [6.07, 6.45) is 0. The summed E-state index contributed by atoms with van der Waals surface area (Å²) in [4.78, 5) is 21.5. The van der Waals surface area contributed by atoms with Crippen molar-refractivity contribution >= 4 is 24.5 Å². The summed E-state index contributed by atoms with van der Waals surface area (Å²) in [6.45, 7) is 1.07. The van der Waals surface area contributed by atoms with Crippen molar-refractivity contribution in [2.75, 3.05) is 32.4 Å². The molecule has 0 aromatic carbocycles.